The van der Waals surface area contributed by atoms with Gasteiger partial charge in [0, 0.05) is 19.5 Å². The lowest BCUT2D eigenvalue weighted by Crippen LogP contribution is -2.38. The molecule has 5 nitrogen and oxygen atoms in total. The highest BCUT2D eigenvalue weighted by Crippen LogP contribution is 2.28. The largest absolute Gasteiger partial charge is 0.445 e. The number of carbonyl (C=O) groups excluding carboxylic acids is 1. The molecule has 0 N–H and O–H groups in total. The normalized spacial score (nSPS) is 17.4. The minimum Gasteiger partial charge on any atom is -0.445 e. The van der Waals surface area contributed by atoms with Gasteiger partial charge in [0.25, 0.3) is 5.91 Å². The minimum absolute atomic E-state index is 0.00957. The van der Waals surface area contributed by atoms with Crippen LogP contribution in [0.1, 0.15) is 45.6 Å². The van der Waals surface area contributed by atoms with Crippen molar-refractivity contribution in [3.63, 3.8) is 0 Å². The number of benzene rings is 1. The van der Waals surface area contributed by atoms with Gasteiger partial charge in [-0.25, -0.2) is 9.37 Å². The van der Waals surface area contributed by atoms with Crippen molar-refractivity contribution in [2.24, 2.45) is 0 Å². The lowest BCUT2D eigenvalue weighted by Gasteiger charge is -2.30. The summed E-state index contributed by atoms with van der Waals surface area (Å²) in [6, 6.07) is 6.66. The molecule has 0 aliphatic carbocycles. The van der Waals surface area contributed by atoms with Gasteiger partial charge in [-0.1, -0.05) is 18.2 Å². The second kappa shape index (κ2) is 7.37. The molecule has 1 aliphatic rings. The third-order valence-electron chi connectivity index (χ3n) is 4.59. The van der Waals surface area contributed by atoms with Gasteiger partial charge in [0.15, 0.2) is 5.89 Å². The van der Waals surface area contributed by atoms with Crippen LogP contribution in [0.25, 0.3) is 0 Å². The van der Waals surface area contributed by atoms with Crippen LogP contribution in [0.2, 0.25) is 0 Å². The maximum Gasteiger partial charge on any atom is 0.265 e. The first-order valence-corrected chi connectivity index (χ1v) is 9.44. The van der Waals surface area contributed by atoms with Gasteiger partial charge in [0.2, 0.25) is 0 Å². The first kappa shape index (κ1) is 16.9. The number of piperidine rings is 1. The van der Waals surface area contributed by atoms with Crippen LogP contribution in [0.5, 0.6) is 0 Å². The van der Waals surface area contributed by atoms with E-state index in [1.54, 1.807) is 36.1 Å². The summed E-state index contributed by atoms with van der Waals surface area (Å²) in [6.07, 6.45) is 5.46. The van der Waals surface area contributed by atoms with Crippen molar-refractivity contribution in [1.82, 2.24) is 14.9 Å². The van der Waals surface area contributed by atoms with Crippen LogP contribution in [0.4, 0.5) is 4.39 Å². The first-order chi connectivity index (χ1) is 12.7. The standard InChI is InChI=1S/C19H18FN3O2S/c20-16-6-2-1-4-13(16)8-15-9-22-18(25-15)14-5-3-7-23(11-14)19(24)17-10-21-12-26-17/h1-2,4,6,9-10,12,14H,3,5,7-8,11H2. The van der Waals surface area contributed by atoms with E-state index in [2.05, 4.69) is 9.97 Å². The molecule has 0 spiro atoms. The Morgan fingerprint density at radius 2 is 2.23 bits per heavy atom. The van der Waals surface area contributed by atoms with Crippen LogP contribution in [0.3, 0.4) is 0 Å². The first-order valence-electron chi connectivity index (χ1n) is 8.56. The van der Waals surface area contributed by atoms with Gasteiger partial charge < -0.3 is 9.32 Å². The van der Waals surface area contributed by atoms with Crippen molar-refractivity contribution in [3.05, 3.63) is 70.1 Å². The average molecular weight is 371 g/mol. The van der Waals surface area contributed by atoms with E-state index >= 15 is 0 Å². The summed E-state index contributed by atoms with van der Waals surface area (Å²) >= 11 is 1.35. The van der Waals surface area contributed by atoms with Crippen molar-refractivity contribution in [1.29, 1.82) is 0 Å². The SMILES string of the molecule is O=C(c1cncs1)N1CCCC(c2ncc(Cc3ccccc3F)o2)C1. The maximum atomic E-state index is 13.8. The van der Waals surface area contributed by atoms with Crippen molar-refractivity contribution in [2.45, 2.75) is 25.2 Å². The van der Waals surface area contributed by atoms with Gasteiger partial charge in [-0.2, -0.15) is 0 Å². The second-order valence-electron chi connectivity index (χ2n) is 6.39. The van der Waals surface area contributed by atoms with Crippen LogP contribution in [0, 0.1) is 5.82 Å². The average Bonchev–Trinajstić information content (AvgIpc) is 3.35. The Labute approximate surface area is 154 Å². The molecule has 4 rings (SSSR count). The highest BCUT2D eigenvalue weighted by atomic mass is 32.1. The highest BCUT2D eigenvalue weighted by molar-refractivity contribution is 7.11. The van der Waals surface area contributed by atoms with E-state index in [1.807, 2.05) is 4.90 Å². The summed E-state index contributed by atoms with van der Waals surface area (Å²) in [7, 11) is 0. The fourth-order valence-corrected chi connectivity index (χ4v) is 3.85. The van der Waals surface area contributed by atoms with Gasteiger partial charge >= 0.3 is 0 Å². The summed E-state index contributed by atoms with van der Waals surface area (Å²) in [4.78, 5) is 23.4. The van der Waals surface area contributed by atoms with Crippen LogP contribution < -0.4 is 0 Å². The summed E-state index contributed by atoms with van der Waals surface area (Å²) < 4.78 is 19.7. The number of thiazole rings is 1. The van der Waals surface area contributed by atoms with E-state index in [9.17, 15) is 9.18 Å². The van der Waals surface area contributed by atoms with E-state index < -0.39 is 0 Å². The fraction of sp³-hybridized carbons (Fsp3) is 0.316. The predicted octanol–water partition coefficient (Wildman–Crippen LogP) is 3.88. The zero-order valence-electron chi connectivity index (χ0n) is 14.1. The van der Waals surface area contributed by atoms with Gasteiger partial charge in [-0.3, -0.25) is 9.78 Å². The van der Waals surface area contributed by atoms with Crippen molar-refractivity contribution in [2.75, 3.05) is 13.1 Å². The van der Waals surface area contributed by atoms with E-state index in [1.165, 1.54) is 17.4 Å². The predicted molar refractivity (Wildman–Crippen MR) is 95.7 cm³/mol. The van der Waals surface area contributed by atoms with Crippen molar-refractivity contribution < 1.29 is 13.6 Å². The van der Waals surface area contributed by atoms with E-state index in [-0.39, 0.29) is 17.6 Å². The molecule has 1 saturated heterocycles. The number of oxazole rings is 1. The smallest absolute Gasteiger partial charge is 0.265 e. The molecule has 1 aromatic carbocycles. The number of hydrogen-bond acceptors (Lipinski definition) is 5. The number of hydrogen-bond donors (Lipinski definition) is 0. The molecule has 26 heavy (non-hydrogen) atoms. The van der Waals surface area contributed by atoms with Gasteiger partial charge in [0.05, 0.1) is 23.8 Å². The summed E-state index contributed by atoms with van der Waals surface area (Å²) in [5, 5.41) is 0. The molecule has 7 heteroatoms. The zero-order valence-corrected chi connectivity index (χ0v) is 14.9. The molecule has 2 aromatic heterocycles. The lowest BCUT2D eigenvalue weighted by molar-refractivity contribution is 0.0702. The molecule has 3 heterocycles. The Balaban J connectivity index is 1.45. The van der Waals surface area contributed by atoms with Gasteiger partial charge in [-0.15, -0.1) is 11.3 Å². The number of carbonyl (C=O) groups is 1. The fourth-order valence-electron chi connectivity index (χ4n) is 3.26. The van der Waals surface area contributed by atoms with Crippen molar-refractivity contribution >= 4 is 17.2 Å². The number of halogens is 1. The summed E-state index contributed by atoms with van der Waals surface area (Å²) in [6.45, 7) is 1.31. The number of rotatable bonds is 4. The number of likely N-dealkylation sites (tertiary alicyclic amines) is 1. The molecular formula is C19H18FN3O2S. The summed E-state index contributed by atoms with van der Waals surface area (Å²) in [5.74, 6) is 1.09. The molecule has 1 unspecified atom stereocenters. The summed E-state index contributed by atoms with van der Waals surface area (Å²) in [5.41, 5.74) is 2.25. The zero-order chi connectivity index (χ0) is 17.9. The Hall–Kier alpha value is -2.54. The van der Waals surface area contributed by atoms with Gasteiger partial charge in [0.1, 0.15) is 16.5 Å². The number of aromatic nitrogens is 2. The molecule has 0 saturated carbocycles. The topological polar surface area (TPSA) is 59.2 Å². The van der Waals surface area contributed by atoms with E-state index in [0.29, 0.717) is 35.1 Å². The van der Waals surface area contributed by atoms with Crippen molar-refractivity contribution in [3.8, 4) is 0 Å². The number of amides is 1. The Morgan fingerprint density at radius 3 is 3.04 bits per heavy atom. The highest BCUT2D eigenvalue weighted by Gasteiger charge is 2.29. The second-order valence-corrected chi connectivity index (χ2v) is 7.28. The molecule has 1 atom stereocenters. The monoisotopic (exact) mass is 371 g/mol. The molecule has 0 bridgehead atoms. The minimum atomic E-state index is -0.246. The molecule has 0 radical (unpaired) electrons. The van der Waals surface area contributed by atoms with Gasteiger partial charge in [-0.05, 0) is 24.5 Å². The van der Waals surface area contributed by atoms with Crippen LogP contribution in [-0.2, 0) is 6.42 Å². The molecular weight excluding hydrogens is 353 g/mol. The third kappa shape index (κ3) is 3.53. The van der Waals surface area contributed by atoms with E-state index in [0.717, 1.165) is 19.4 Å². The lowest BCUT2D eigenvalue weighted by atomic mass is 9.98. The quantitative estimate of drug-likeness (QED) is 0.698. The molecule has 1 fully saturated rings. The Morgan fingerprint density at radius 1 is 1.35 bits per heavy atom. The maximum absolute atomic E-state index is 13.8. The molecule has 3 aromatic rings. The molecule has 1 amide bonds. The Kier molecular flexibility index (Phi) is 4.79. The van der Waals surface area contributed by atoms with Crippen LogP contribution in [-0.4, -0.2) is 33.9 Å². The molecule has 134 valence electrons. The third-order valence-corrected chi connectivity index (χ3v) is 5.36. The Bertz CT molecular complexity index is 894. The van der Waals surface area contributed by atoms with Crippen LogP contribution in [0.15, 0.2) is 46.6 Å². The number of nitrogens with zero attached hydrogens (tertiary/aromatic N) is 3. The van der Waals surface area contributed by atoms with E-state index in [4.69, 9.17) is 4.42 Å². The molecule has 1 aliphatic heterocycles. The van der Waals surface area contributed by atoms with Crippen LogP contribution >= 0.6 is 11.3 Å².